The van der Waals surface area contributed by atoms with Crippen LogP contribution in [-0.2, 0) is 0 Å². The number of rotatable bonds is 2. The van der Waals surface area contributed by atoms with Gasteiger partial charge in [0.2, 0.25) is 0 Å². The molecular formula is C9H12. The van der Waals surface area contributed by atoms with Crippen molar-refractivity contribution in [1.82, 2.24) is 0 Å². The summed E-state index contributed by atoms with van der Waals surface area (Å²) >= 11 is 0. The van der Waals surface area contributed by atoms with Crippen molar-refractivity contribution >= 4 is 0 Å². The Morgan fingerprint density at radius 1 is 1.67 bits per heavy atom. The Morgan fingerprint density at radius 3 is 2.78 bits per heavy atom. The summed E-state index contributed by atoms with van der Waals surface area (Å²) in [6.07, 6.45) is 11.9. The molecule has 0 atom stereocenters. The summed E-state index contributed by atoms with van der Waals surface area (Å²) in [5.41, 5.74) is 1.23. The minimum atomic E-state index is 0.732. The van der Waals surface area contributed by atoms with E-state index < -0.39 is 0 Å². The van der Waals surface area contributed by atoms with Crippen LogP contribution in [0.2, 0.25) is 0 Å². The van der Waals surface area contributed by atoms with Crippen molar-refractivity contribution in [2.45, 2.75) is 20.3 Å². The molecule has 0 bridgehead atoms. The van der Waals surface area contributed by atoms with Gasteiger partial charge in [0.15, 0.2) is 0 Å². The smallest absolute Gasteiger partial charge is 0.0272 e. The van der Waals surface area contributed by atoms with Gasteiger partial charge in [-0.25, -0.2) is 0 Å². The monoisotopic (exact) mass is 120 g/mol. The van der Waals surface area contributed by atoms with Crippen molar-refractivity contribution in [2.75, 3.05) is 0 Å². The molecule has 0 aliphatic heterocycles. The summed E-state index contributed by atoms with van der Waals surface area (Å²) in [5, 5.41) is 0. The lowest BCUT2D eigenvalue weighted by atomic mass is 10.2. The molecule has 48 valence electrons. The molecule has 9 heavy (non-hydrogen) atoms. The molecule has 0 aromatic carbocycles. The van der Waals surface area contributed by atoms with Crippen LogP contribution in [0, 0.1) is 12.3 Å². The molecule has 0 fully saturated rings. The Kier molecular flexibility index (Phi) is 4.63. The minimum Gasteiger partial charge on any atom is -0.120 e. The van der Waals surface area contributed by atoms with Gasteiger partial charge in [-0.3, -0.25) is 0 Å². The maximum Gasteiger partial charge on any atom is 0.0272 e. The Morgan fingerprint density at radius 2 is 2.33 bits per heavy atom. The third-order valence-corrected chi connectivity index (χ3v) is 0.971. The van der Waals surface area contributed by atoms with E-state index in [-0.39, 0.29) is 0 Å². The summed E-state index contributed by atoms with van der Waals surface area (Å²) < 4.78 is 0. The molecule has 0 nitrogen and oxygen atoms in total. The zero-order valence-electron chi connectivity index (χ0n) is 6.02. The van der Waals surface area contributed by atoms with Crippen molar-refractivity contribution in [3.05, 3.63) is 23.8 Å². The first-order valence-corrected chi connectivity index (χ1v) is 3.04. The molecule has 0 N–H and O–H groups in total. The molecule has 0 aromatic rings. The van der Waals surface area contributed by atoms with Crippen molar-refractivity contribution in [1.29, 1.82) is 0 Å². The maximum atomic E-state index is 5.05. The fourth-order valence-corrected chi connectivity index (χ4v) is 0.551. The second-order valence-corrected chi connectivity index (χ2v) is 1.86. The van der Waals surface area contributed by atoms with Crippen molar-refractivity contribution in [3.63, 3.8) is 0 Å². The molecule has 0 aliphatic rings. The van der Waals surface area contributed by atoms with Crippen molar-refractivity contribution in [2.24, 2.45) is 0 Å². The first-order valence-electron chi connectivity index (χ1n) is 3.04. The normalized spacial score (nSPS) is 11.9. The first-order chi connectivity index (χ1) is 4.31. The van der Waals surface area contributed by atoms with E-state index >= 15 is 0 Å². The van der Waals surface area contributed by atoms with Gasteiger partial charge in [0.05, 0.1) is 0 Å². The predicted octanol–water partition coefficient (Wildman–Crippen LogP) is 2.53. The topological polar surface area (TPSA) is 0 Å². The van der Waals surface area contributed by atoms with Crippen molar-refractivity contribution < 1.29 is 0 Å². The third kappa shape index (κ3) is 4.90. The molecule has 0 aliphatic carbocycles. The lowest BCUT2D eigenvalue weighted by Gasteiger charge is -1.85. The van der Waals surface area contributed by atoms with E-state index in [1.54, 1.807) is 0 Å². The van der Waals surface area contributed by atoms with Gasteiger partial charge in [0.25, 0.3) is 0 Å². The number of hydrogen-bond donors (Lipinski definition) is 0. The van der Waals surface area contributed by atoms with Crippen LogP contribution in [0.15, 0.2) is 23.8 Å². The van der Waals surface area contributed by atoms with Gasteiger partial charge in [-0.2, -0.15) is 0 Å². The van der Waals surface area contributed by atoms with Gasteiger partial charge in [0, 0.05) is 6.42 Å². The molecule has 0 spiro atoms. The molecule has 0 radical (unpaired) electrons. The molecule has 0 saturated heterocycles. The highest BCUT2D eigenvalue weighted by Crippen LogP contribution is 1.95. The standard InChI is InChI=1S/C9H12/c1-4-6-8-9(3)7-5-2/h1,5,7-8H,6H2,2-3H3/b7-5-,9-8-. The van der Waals surface area contributed by atoms with E-state index in [9.17, 15) is 0 Å². The number of hydrogen-bond acceptors (Lipinski definition) is 0. The number of allylic oxidation sites excluding steroid dienone is 4. The van der Waals surface area contributed by atoms with Crippen LogP contribution in [0.4, 0.5) is 0 Å². The highest BCUT2D eigenvalue weighted by Gasteiger charge is 1.75. The molecule has 0 heteroatoms. The fourth-order valence-electron chi connectivity index (χ4n) is 0.551. The van der Waals surface area contributed by atoms with Crippen LogP contribution in [0.25, 0.3) is 0 Å². The lowest BCUT2D eigenvalue weighted by Crippen LogP contribution is -1.65. The van der Waals surface area contributed by atoms with Crippen LogP contribution in [0.5, 0.6) is 0 Å². The van der Waals surface area contributed by atoms with Gasteiger partial charge in [-0.1, -0.05) is 23.8 Å². The Balaban J connectivity index is 3.73. The lowest BCUT2D eigenvalue weighted by molar-refractivity contribution is 1.37. The second kappa shape index (κ2) is 5.18. The third-order valence-electron chi connectivity index (χ3n) is 0.971. The molecule has 0 aromatic heterocycles. The largest absolute Gasteiger partial charge is 0.120 e. The van der Waals surface area contributed by atoms with Gasteiger partial charge in [-0.05, 0) is 13.8 Å². The Hall–Kier alpha value is -0.960. The summed E-state index contributed by atoms with van der Waals surface area (Å²) in [5.74, 6) is 2.55. The van der Waals surface area contributed by atoms with E-state index in [1.807, 2.05) is 32.1 Å². The quantitative estimate of drug-likeness (QED) is 0.388. The Labute approximate surface area is 57.3 Å². The zero-order chi connectivity index (χ0) is 7.11. The van der Waals surface area contributed by atoms with Gasteiger partial charge in [0.1, 0.15) is 0 Å². The van der Waals surface area contributed by atoms with E-state index in [4.69, 9.17) is 6.42 Å². The highest BCUT2D eigenvalue weighted by atomic mass is 13.8. The zero-order valence-corrected chi connectivity index (χ0v) is 6.02. The van der Waals surface area contributed by atoms with E-state index in [0.29, 0.717) is 0 Å². The average molecular weight is 120 g/mol. The van der Waals surface area contributed by atoms with E-state index in [1.165, 1.54) is 5.57 Å². The summed E-state index contributed by atoms with van der Waals surface area (Å²) in [6, 6.07) is 0. The predicted molar refractivity (Wildman–Crippen MR) is 42.0 cm³/mol. The highest BCUT2D eigenvalue weighted by molar-refractivity contribution is 5.17. The van der Waals surface area contributed by atoms with Gasteiger partial charge >= 0.3 is 0 Å². The SMILES string of the molecule is C#CC/C=C(C)\C=C/C. The van der Waals surface area contributed by atoms with Crippen molar-refractivity contribution in [3.8, 4) is 12.3 Å². The second-order valence-electron chi connectivity index (χ2n) is 1.86. The number of terminal acetylenes is 1. The molecule has 0 unspecified atom stereocenters. The van der Waals surface area contributed by atoms with Crippen LogP contribution in [-0.4, -0.2) is 0 Å². The van der Waals surface area contributed by atoms with Crippen LogP contribution in [0.1, 0.15) is 20.3 Å². The van der Waals surface area contributed by atoms with Crippen LogP contribution in [0.3, 0.4) is 0 Å². The Bertz CT molecular complexity index is 153. The van der Waals surface area contributed by atoms with E-state index in [0.717, 1.165) is 6.42 Å². The summed E-state index contributed by atoms with van der Waals surface area (Å²) in [7, 11) is 0. The van der Waals surface area contributed by atoms with Crippen LogP contribution >= 0.6 is 0 Å². The molecule has 0 heterocycles. The molecule has 0 saturated carbocycles. The summed E-state index contributed by atoms with van der Waals surface area (Å²) in [4.78, 5) is 0. The van der Waals surface area contributed by atoms with Gasteiger partial charge < -0.3 is 0 Å². The molecule has 0 amide bonds. The fraction of sp³-hybridized carbons (Fsp3) is 0.333. The summed E-state index contributed by atoms with van der Waals surface area (Å²) in [6.45, 7) is 4.03. The molecule has 0 rings (SSSR count). The van der Waals surface area contributed by atoms with Gasteiger partial charge in [-0.15, -0.1) is 12.3 Å². The van der Waals surface area contributed by atoms with E-state index in [2.05, 4.69) is 5.92 Å². The maximum absolute atomic E-state index is 5.05. The average Bonchev–Trinajstić information content (AvgIpc) is 1.85. The van der Waals surface area contributed by atoms with Crippen LogP contribution < -0.4 is 0 Å². The first kappa shape index (κ1) is 8.04. The minimum absolute atomic E-state index is 0.732. The molecular weight excluding hydrogens is 108 g/mol.